The molecule has 0 atom stereocenters. The van der Waals surface area contributed by atoms with Crippen LogP contribution >= 0.6 is 0 Å². The second-order valence-electron chi connectivity index (χ2n) is 4.72. The number of amides is 1. The van der Waals surface area contributed by atoms with Gasteiger partial charge in [-0.2, -0.15) is 0 Å². The van der Waals surface area contributed by atoms with Crippen molar-refractivity contribution in [3.05, 3.63) is 35.8 Å². The molecule has 3 heterocycles. The highest BCUT2D eigenvalue weighted by Gasteiger charge is 2.25. The Morgan fingerprint density at radius 2 is 2.33 bits per heavy atom. The first kappa shape index (κ1) is 13.5. The van der Waals surface area contributed by atoms with Crippen molar-refractivity contribution >= 4 is 11.7 Å². The molecule has 7 nitrogen and oxygen atoms in total. The van der Waals surface area contributed by atoms with Gasteiger partial charge in [-0.05, 0) is 13.0 Å². The summed E-state index contributed by atoms with van der Waals surface area (Å²) in [6, 6.07) is 1.40. The summed E-state index contributed by atoms with van der Waals surface area (Å²) < 4.78 is 16.2. The van der Waals surface area contributed by atoms with E-state index in [1.54, 1.807) is 11.2 Å². The predicted octanol–water partition coefficient (Wildman–Crippen LogP) is 0.900. The third-order valence-electron chi connectivity index (χ3n) is 3.39. The van der Waals surface area contributed by atoms with Crippen molar-refractivity contribution in [2.24, 2.45) is 0 Å². The molecule has 0 bridgehead atoms. The lowest BCUT2D eigenvalue weighted by Crippen LogP contribution is -2.38. The molecule has 110 valence electrons. The molecule has 0 aliphatic carbocycles. The van der Waals surface area contributed by atoms with Crippen LogP contribution in [0, 0.1) is 5.82 Å². The lowest BCUT2D eigenvalue weighted by Gasteiger charge is -2.27. The molecule has 0 fully saturated rings. The quantitative estimate of drug-likeness (QED) is 0.909. The number of hydrogen-bond acceptors (Lipinski definition) is 5. The first-order chi connectivity index (χ1) is 10.2. The number of carbonyl (C=O) groups is 1. The van der Waals surface area contributed by atoms with E-state index in [9.17, 15) is 9.18 Å². The Labute approximate surface area is 120 Å². The highest BCUT2D eigenvalue weighted by molar-refractivity contribution is 5.95. The van der Waals surface area contributed by atoms with Gasteiger partial charge in [0.2, 0.25) is 0 Å². The van der Waals surface area contributed by atoms with Crippen LogP contribution in [0.1, 0.15) is 23.1 Å². The Morgan fingerprint density at radius 1 is 1.48 bits per heavy atom. The average Bonchev–Trinajstić information content (AvgIpc) is 2.96. The Kier molecular flexibility index (Phi) is 3.51. The number of anilines is 1. The Morgan fingerprint density at radius 3 is 3.14 bits per heavy atom. The summed E-state index contributed by atoms with van der Waals surface area (Å²) in [5.41, 5.74) is 0.0221. The zero-order chi connectivity index (χ0) is 14.8. The minimum atomic E-state index is -0.614. The van der Waals surface area contributed by atoms with Crippen LogP contribution in [0.3, 0.4) is 0 Å². The highest BCUT2D eigenvalue weighted by Crippen LogP contribution is 2.19. The average molecular weight is 290 g/mol. The molecule has 1 aliphatic heterocycles. The molecule has 0 unspecified atom stereocenters. The number of nitrogens with zero attached hydrogens (tertiary/aromatic N) is 5. The molecule has 1 N–H and O–H groups in total. The molecular weight excluding hydrogens is 275 g/mol. The van der Waals surface area contributed by atoms with Gasteiger partial charge in [-0.25, -0.2) is 9.37 Å². The normalized spacial score (nSPS) is 13.9. The fraction of sp³-hybridized carbons (Fsp3) is 0.385. The Balaban J connectivity index is 1.85. The fourth-order valence-corrected chi connectivity index (χ4v) is 2.31. The Bertz CT molecular complexity index is 670. The fourth-order valence-electron chi connectivity index (χ4n) is 2.31. The SMILES string of the molecule is CCNc1nccc(C(=O)N2CCn3cnnc3C2)c1F. The molecule has 1 amide bonds. The van der Waals surface area contributed by atoms with Crippen molar-refractivity contribution < 1.29 is 9.18 Å². The van der Waals surface area contributed by atoms with Gasteiger partial charge in [0.1, 0.15) is 6.33 Å². The lowest BCUT2D eigenvalue weighted by molar-refractivity contribution is 0.0702. The third kappa shape index (κ3) is 2.44. The molecular formula is C13H15FN6O. The Hall–Kier alpha value is -2.51. The number of pyridine rings is 1. The largest absolute Gasteiger partial charge is 0.368 e. The molecule has 0 saturated carbocycles. The van der Waals surface area contributed by atoms with Crippen molar-refractivity contribution in [2.75, 3.05) is 18.4 Å². The summed E-state index contributed by atoms with van der Waals surface area (Å²) in [7, 11) is 0. The number of fused-ring (bicyclic) bond motifs is 1. The van der Waals surface area contributed by atoms with Crippen LogP contribution in [0.2, 0.25) is 0 Å². The second-order valence-corrected chi connectivity index (χ2v) is 4.72. The van der Waals surface area contributed by atoms with E-state index in [4.69, 9.17) is 0 Å². The first-order valence-electron chi connectivity index (χ1n) is 6.75. The van der Waals surface area contributed by atoms with E-state index in [1.807, 2.05) is 11.5 Å². The van der Waals surface area contributed by atoms with Crippen LogP contribution in [0.15, 0.2) is 18.6 Å². The maximum Gasteiger partial charge on any atom is 0.257 e. The zero-order valence-electron chi connectivity index (χ0n) is 11.6. The van der Waals surface area contributed by atoms with E-state index < -0.39 is 5.82 Å². The van der Waals surface area contributed by atoms with E-state index in [-0.39, 0.29) is 17.3 Å². The molecule has 0 spiro atoms. The smallest absolute Gasteiger partial charge is 0.257 e. The van der Waals surface area contributed by atoms with Crippen LogP contribution in [0.4, 0.5) is 10.2 Å². The number of rotatable bonds is 3. The van der Waals surface area contributed by atoms with Crippen LogP contribution in [0.25, 0.3) is 0 Å². The molecule has 21 heavy (non-hydrogen) atoms. The van der Waals surface area contributed by atoms with Crippen molar-refractivity contribution in [1.29, 1.82) is 0 Å². The van der Waals surface area contributed by atoms with Gasteiger partial charge in [0.15, 0.2) is 17.5 Å². The predicted molar refractivity (Wildman–Crippen MR) is 73.1 cm³/mol. The number of carbonyl (C=O) groups excluding carboxylic acids is 1. The summed E-state index contributed by atoms with van der Waals surface area (Å²) in [6.07, 6.45) is 3.06. The summed E-state index contributed by atoms with van der Waals surface area (Å²) in [6.45, 7) is 3.82. The number of halogens is 1. The minimum Gasteiger partial charge on any atom is -0.368 e. The van der Waals surface area contributed by atoms with Crippen molar-refractivity contribution in [3.63, 3.8) is 0 Å². The van der Waals surface area contributed by atoms with Crippen molar-refractivity contribution in [2.45, 2.75) is 20.0 Å². The van der Waals surface area contributed by atoms with Gasteiger partial charge >= 0.3 is 0 Å². The van der Waals surface area contributed by atoms with Crippen molar-refractivity contribution in [3.8, 4) is 0 Å². The summed E-state index contributed by atoms with van der Waals surface area (Å²) in [4.78, 5) is 17.9. The summed E-state index contributed by atoms with van der Waals surface area (Å²) >= 11 is 0. The highest BCUT2D eigenvalue weighted by atomic mass is 19.1. The zero-order valence-corrected chi connectivity index (χ0v) is 11.6. The van der Waals surface area contributed by atoms with E-state index in [0.717, 1.165) is 0 Å². The van der Waals surface area contributed by atoms with E-state index >= 15 is 0 Å². The number of nitrogens with one attached hydrogen (secondary N) is 1. The maximum absolute atomic E-state index is 14.3. The van der Waals surface area contributed by atoms with Crippen LogP contribution < -0.4 is 5.32 Å². The molecule has 8 heteroatoms. The molecule has 2 aromatic rings. The van der Waals surface area contributed by atoms with E-state index in [2.05, 4.69) is 20.5 Å². The van der Waals surface area contributed by atoms with Crippen LogP contribution in [-0.4, -0.2) is 43.6 Å². The molecule has 2 aromatic heterocycles. The van der Waals surface area contributed by atoms with Gasteiger partial charge in [0, 0.05) is 25.8 Å². The standard InChI is InChI=1S/C13H15FN6O/c1-2-15-12-11(14)9(3-4-16-12)13(21)19-5-6-20-8-17-18-10(20)7-19/h3-4,8H,2,5-7H2,1H3,(H,15,16). The van der Waals surface area contributed by atoms with Gasteiger partial charge in [-0.3, -0.25) is 4.79 Å². The molecule has 1 aliphatic rings. The third-order valence-corrected chi connectivity index (χ3v) is 3.39. The summed E-state index contributed by atoms with van der Waals surface area (Å²) in [5.74, 6) is -0.167. The minimum absolute atomic E-state index is 0.0221. The molecule has 3 rings (SSSR count). The molecule has 0 saturated heterocycles. The van der Waals surface area contributed by atoms with Gasteiger partial charge in [0.05, 0.1) is 12.1 Å². The molecule has 0 aromatic carbocycles. The van der Waals surface area contributed by atoms with Gasteiger partial charge in [-0.1, -0.05) is 0 Å². The molecule has 0 radical (unpaired) electrons. The van der Waals surface area contributed by atoms with E-state index in [0.29, 0.717) is 32.0 Å². The van der Waals surface area contributed by atoms with Crippen molar-refractivity contribution in [1.82, 2.24) is 24.6 Å². The van der Waals surface area contributed by atoms with Gasteiger partial charge in [0.25, 0.3) is 5.91 Å². The van der Waals surface area contributed by atoms with Gasteiger partial charge < -0.3 is 14.8 Å². The number of aromatic nitrogens is 4. The van der Waals surface area contributed by atoms with Crippen LogP contribution in [0.5, 0.6) is 0 Å². The number of hydrogen-bond donors (Lipinski definition) is 1. The topological polar surface area (TPSA) is 75.9 Å². The van der Waals surface area contributed by atoms with Crippen LogP contribution in [-0.2, 0) is 13.1 Å². The lowest BCUT2D eigenvalue weighted by atomic mass is 10.2. The monoisotopic (exact) mass is 290 g/mol. The summed E-state index contributed by atoms with van der Waals surface area (Å²) in [5, 5.41) is 10.6. The van der Waals surface area contributed by atoms with Gasteiger partial charge in [-0.15, -0.1) is 10.2 Å². The maximum atomic E-state index is 14.3. The van der Waals surface area contributed by atoms with E-state index in [1.165, 1.54) is 12.3 Å². The first-order valence-corrected chi connectivity index (χ1v) is 6.75. The second kappa shape index (κ2) is 5.47.